The molecule has 3 nitrogen and oxygen atoms in total. The molecular weight excluding hydrogens is 164 g/mol. The lowest BCUT2D eigenvalue weighted by Gasteiger charge is -2.40. The number of nitrogens with zero attached hydrogens (tertiary/aromatic N) is 1. The van der Waals surface area contributed by atoms with E-state index < -0.39 is 0 Å². The fourth-order valence-electron chi connectivity index (χ4n) is 1.86. The molecule has 0 aliphatic carbocycles. The molecule has 1 saturated heterocycles. The van der Waals surface area contributed by atoms with E-state index in [1.54, 1.807) is 0 Å². The Kier molecular flexibility index (Phi) is 3.31. The second-order valence-electron chi connectivity index (χ2n) is 4.38. The maximum Gasteiger partial charge on any atom is 0.234 e. The van der Waals surface area contributed by atoms with Crippen LogP contribution in [0.5, 0.6) is 0 Å². The van der Waals surface area contributed by atoms with Crippen LogP contribution in [0.1, 0.15) is 27.7 Å². The highest BCUT2D eigenvalue weighted by molar-refractivity contribution is 5.78. The highest BCUT2D eigenvalue weighted by Crippen LogP contribution is 2.15. The zero-order valence-corrected chi connectivity index (χ0v) is 9.00. The van der Waals surface area contributed by atoms with E-state index in [-0.39, 0.29) is 5.91 Å². The number of carbonyl (C=O) groups excluding carboxylic acids is 1. The minimum Gasteiger partial charge on any atom is -0.353 e. The predicted octanol–water partition coefficient (Wildman–Crippen LogP) is 0.851. The van der Waals surface area contributed by atoms with Gasteiger partial charge in [0.2, 0.25) is 5.91 Å². The van der Waals surface area contributed by atoms with Gasteiger partial charge in [0.05, 0.1) is 6.54 Å². The van der Waals surface area contributed by atoms with Crippen molar-refractivity contribution in [2.75, 3.05) is 13.1 Å². The summed E-state index contributed by atoms with van der Waals surface area (Å²) in [6.45, 7) is 10.1. The van der Waals surface area contributed by atoms with Crippen molar-refractivity contribution >= 4 is 5.91 Å². The van der Waals surface area contributed by atoms with Gasteiger partial charge in [-0.1, -0.05) is 13.8 Å². The van der Waals surface area contributed by atoms with Crippen molar-refractivity contribution in [1.82, 2.24) is 10.2 Å². The molecule has 0 saturated carbocycles. The summed E-state index contributed by atoms with van der Waals surface area (Å²) >= 11 is 0. The van der Waals surface area contributed by atoms with Crippen LogP contribution in [-0.4, -0.2) is 36.0 Å². The standard InChI is InChI=1S/C10H20N2O/c1-7(2)9-5-11-10(13)6-12(9)8(3)4/h7-9H,5-6H2,1-4H3,(H,11,13)/t9-/m0/s1. The molecule has 0 radical (unpaired) electrons. The highest BCUT2D eigenvalue weighted by Gasteiger charge is 2.29. The first-order valence-electron chi connectivity index (χ1n) is 5.04. The number of carbonyl (C=O) groups is 1. The molecule has 13 heavy (non-hydrogen) atoms. The van der Waals surface area contributed by atoms with E-state index in [9.17, 15) is 4.79 Å². The lowest BCUT2D eigenvalue weighted by molar-refractivity contribution is -0.127. The van der Waals surface area contributed by atoms with Gasteiger partial charge in [-0.15, -0.1) is 0 Å². The summed E-state index contributed by atoms with van der Waals surface area (Å²) < 4.78 is 0. The lowest BCUT2D eigenvalue weighted by atomic mass is 9.99. The van der Waals surface area contributed by atoms with E-state index in [4.69, 9.17) is 0 Å². The van der Waals surface area contributed by atoms with Crippen molar-refractivity contribution in [1.29, 1.82) is 0 Å². The second-order valence-corrected chi connectivity index (χ2v) is 4.38. The predicted molar refractivity (Wildman–Crippen MR) is 53.5 cm³/mol. The van der Waals surface area contributed by atoms with Crippen LogP contribution in [0.3, 0.4) is 0 Å². The first-order valence-corrected chi connectivity index (χ1v) is 5.04. The smallest absolute Gasteiger partial charge is 0.234 e. The van der Waals surface area contributed by atoms with Crippen molar-refractivity contribution in [2.45, 2.75) is 39.8 Å². The Hall–Kier alpha value is -0.570. The first-order chi connectivity index (χ1) is 6.02. The second kappa shape index (κ2) is 4.09. The molecular formula is C10H20N2O. The molecule has 1 atom stereocenters. The van der Waals surface area contributed by atoms with Gasteiger partial charge in [-0.05, 0) is 19.8 Å². The van der Waals surface area contributed by atoms with E-state index in [0.717, 1.165) is 6.54 Å². The fraction of sp³-hybridized carbons (Fsp3) is 0.900. The van der Waals surface area contributed by atoms with Crippen LogP contribution in [-0.2, 0) is 4.79 Å². The third kappa shape index (κ3) is 2.44. The molecule has 1 aliphatic heterocycles. The molecule has 0 aromatic carbocycles. The normalized spacial score (nSPS) is 25.4. The monoisotopic (exact) mass is 184 g/mol. The summed E-state index contributed by atoms with van der Waals surface area (Å²) in [6.07, 6.45) is 0. The Morgan fingerprint density at radius 1 is 1.38 bits per heavy atom. The first kappa shape index (κ1) is 10.5. The molecule has 1 N–H and O–H groups in total. The van der Waals surface area contributed by atoms with Crippen LogP contribution in [0.4, 0.5) is 0 Å². The van der Waals surface area contributed by atoms with Gasteiger partial charge in [0.1, 0.15) is 0 Å². The van der Waals surface area contributed by atoms with Crippen molar-refractivity contribution in [3.05, 3.63) is 0 Å². The largest absolute Gasteiger partial charge is 0.353 e. The third-order valence-electron chi connectivity index (χ3n) is 2.69. The van der Waals surface area contributed by atoms with E-state index in [1.807, 2.05) is 0 Å². The van der Waals surface area contributed by atoms with Crippen molar-refractivity contribution in [2.24, 2.45) is 5.92 Å². The zero-order valence-electron chi connectivity index (χ0n) is 9.00. The van der Waals surface area contributed by atoms with Gasteiger partial charge in [-0.2, -0.15) is 0 Å². The van der Waals surface area contributed by atoms with Gasteiger partial charge in [0, 0.05) is 18.6 Å². The average molecular weight is 184 g/mol. The summed E-state index contributed by atoms with van der Waals surface area (Å²) in [7, 11) is 0. The Morgan fingerprint density at radius 2 is 2.00 bits per heavy atom. The molecule has 1 rings (SSSR count). The minimum atomic E-state index is 0.158. The fourth-order valence-corrected chi connectivity index (χ4v) is 1.86. The maximum absolute atomic E-state index is 11.2. The number of nitrogens with one attached hydrogen (secondary N) is 1. The van der Waals surface area contributed by atoms with Crippen LogP contribution in [0.2, 0.25) is 0 Å². The number of amides is 1. The molecule has 1 heterocycles. The van der Waals surface area contributed by atoms with Crippen LogP contribution >= 0.6 is 0 Å². The molecule has 1 aliphatic rings. The number of hydrogen-bond acceptors (Lipinski definition) is 2. The van der Waals surface area contributed by atoms with Crippen molar-refractivity contribution in [3.63, 3.8) is 0 Å². The molecule has 76 valence electrons. The lowest BCUT2D eigenvalue weighted by Crippen LogP contribution is -2.58. The number of rotatable bonds is 2. The van der Waals surface area contributed by atoms with E-state index >= 15 is 0 Å². The molecule has 1 amide bonds. The summed E-state index contributed by atoms with van der Waals surface area (Å²) in [5.41, 5.74) is 0. The van der Waals surface area contributed by atoms with Gasteiger partial charge >= 0.3 is 0 Å². The molecule has 0 unspecified atom stereocenters. The molecule has 0 aromatic rings. The number of hydrogen-bond donors (Lipinski definition) is 1. The molecule has 1 fully saturated rings. The minimum absolute atomic E-state index is 0.158. The van der Waals surface area contributed by atoms with Crippen LogP contribution in [0, 0.1) is 5.92 Å². The molecule has 0 bridgehead atoms. The molecule has 0 spiro atoms. The SMILES string of the molecule is CC(C)[C@@H]1CNC(=O)CN1C(C)C. The van der Waals surface area contributed by atoms with Gasteiger partial charge < -0.3 is 5.32 Å². The topological polar surface area (TPSA) is 32.3 Å². The highest BCUT2D eigenvalue weighted by atomic mass is 16.2. The van der Waals surface area contributed by atoms with E-state index in [0.29, 0.717) is 24.5 Å². The summed E-state index contributed by atoms with van der Waals surface area (Å²) in [5.74, 6) is 0.758. The van der Waals surface area contributed by atoms with Crippen molar-refractivity contribution in [3.8, 4) is 0 Å². The van der Waals surface area contributed by atoms with Crippen LogP contribution in [0.25, 0.3) is 0 Å². The average Bonchev–Trinajstić information content (AvgIpc) is 2.03. The Bertz CT molecular complexity index is 189. The Morgan fingerprint density at radius 3 is 2.46 bits per heavy atom. The van der Waals surface area contributed by atoms with E-state index in [2.05, 4.69) is 37.9 Å². The van der Waals surface area contributed by atoms with Gasteiger partial charge in [-0.3, -0.25) is 9.69 Å². The summed E-state index contributed by atoms with van der Waals surface area (Å²) in [5, 5.41) is 2.92. The van der Waals surface area contributed by atoms with Gasteiger partial charge in [0.15, 0.2) is 0 Å². The molecule has 0 aromatic heterocycles. The quantitative estimate of drug-likeness (QED) is 0.690. The molecule has 3 heteroatoms. The van der Waals surface area contributed by atoms with Crippen LogP contribution in [0.15, 0.2) is 0 Å². The summed E-state index contributed by atoms with van der Waals surface area (Å²) in [4.78, 5) is 13.5. The Labute approximate surface area is 80.5 Å². The van der Waals surface area contributed by atoms with Gasteiger partial charge in [-0.25, -0.2) is 0 Å². The third-order valence-corrected chi connectivity index (χ3v) is 2.69. The van der Waals surface area contributed by atoms with Crippen LogP contribution < -0.4 is 5.32 Å². The Balaban J connectivity index is 2.66. The summed E-state index contributed by atoms with van der Waals surface area (Å²) in [6, 6.07) is 0.955. The van der Waals surface area contributed by atoms with Crippen molar-refractivity contribution < 1.29 is 4.79 Å². The van der Waals surface area contributed by atoms with E-state index in [1.165, 1.54) is 0 Å². The number of piperazine rings is 1. The van der Waals surface area contributed by atoms with Gasteiger partial charge in [0.25, 0.3) is 0 Å². The zero-order chi connectivity index (χ0) is 10.0. The maximum atomic E-state index is 11.2.